The van der Waals surface area contributed by atoms with Gasteiger partial charge in [0, 0.05) is 18.1 Å². The molecule has 1 fully saturated rings. The lowest BCUT2D eigenvalue weighted by Gasteiger charge is -2.38. The summed E-state index contributed by atoms with van der Waals surface area (Å²) in [6.45, 7) is 2.11. The van der Waals surface area contributed by atoms with E-state index in [2.05, 4.69) is 6.92 Å². The Balaban J connectivity index is 1.88. The molecule has 2 aliphatic rings. The van der Waals surface area contributed by atoms with Gasteiger partial charge in [-0.1, -0.05) is 12.8 Å². The summed E-state index contributed by atoms with van der Waals surface area (Å²) in [4.78, 5) is 0. The normalized spacial score (nSPS) is 30.5. The van der Waals surface area contributed by atoms with Crippen LogP contribution in [0, 0.1) is 5.92 Å². The summed E-state index contributed by atoms with van der Waals surface area (Å²) in [5.74, 6) is 2.34. The first-order valence-corrected chi connectivity index (χ1v) is 6.65. The summed E-state index contributed by atoms with van der Waals surface area (Å²) >= 11 is 0. The second kappa shape index (κ2) is 4.16. The number of benzene rings is 1. The van der Waals surface area contributed by atoms with Crippen LogP contribution in [0.4, 0.5) is 0 Å². The number of hydrogen-bond acceptors (Lipinski definition) is 3. The Labute approximate surface area is 108 Å². The zero-order chi connectivity index (χ0) is 12.8. The first kappa shape index (κ1) is 11.8. The van der Waals surface area contributed by atoms with E-state index >= 15 is 0 Å². The van der Waals surface area contributed by atoms with Crippen LogP contribution in [0.25, 0.3) is 0 Å². The van der Waals surface area contributed by atoms with Gasteiger partial charge in [0.25, 0.3) is 0 Å². The molecule has 0 bridgehead atoms. The van der Waals surface area contributed by atoms with Crippen molar-refractivity contribution < 1.29 is 14.6 Å². The minimum Gasteiger partial charge on any atom is -0.497 e. The van der Waals surface area contributed by atoms with E-state index in [0.717, 1.165) is 29.4 Å². The minimum atomic E-state index is -0.427. The van der Waals surface area contributed by atoms with Crippen molar-refractivity contribution in [1.29, 1.82) is 0 Å². The van der Waals surface area contributed by atoms with Gasteiger partial charge in [0.2, 0.25) is 0 Å². The molecule has 1 unspecified atom stereocenters. The summed E-state index contributed by atoms with van der Waals surface area (Å²) in [7, 11) is 1.64. The molecule has 1 aromatic rings. The molecule has 0 aromatic heterocycles. The summed E-state index contributed by atoms with van der Waals surface area (Å²) in [5.41, 5.74) is 0.643. The van der Waals surface area contributed by atoms with Crippen LogP contribution < -0.4 is 9.47 Å². The van der Waals surface area contributed by atoms with Gasteiger partial charge in [0.15, 0.2) is 0 Å². The number of rotatable bonds is 3. The molecule has 1 aliphatic carbocycles. The molecule has 2 atom stereocenters. The average Bonchev–Trinajstić information content (AvgIpc) is 3.11. The Morgan fingerprint density at radius 2 is 2.22 bits per heavy atom. The van der Waals surface area contributed by atoms with Crippen LogP contribution in [0.3, 0.4) is 0 Å². The molecule has 1 N–H and O–H groups in total. The standard InChI is InChI=1S/C15H20O3/c1-15(8-10-3-4-10)9-13(16)12-6-5-11(17-2)7-14(12)18-15/h5-7,10,13,16H,3-4,8-9H2,1-2H3/t13-,15?/m1/s1. The number of methoxy groups -OCH3 is 1. The zero-order valence-corrected chi connectivity index (χ0v) is 11.0. The van der Waals surface area contributed by atoms with E-state index < -0.39 is 6.10 Å². The second-order valence-corrected chi connectivity index (χ2v) is 5.82. The van der Waals surface area contributed by atoms with Gasteiger partial charge in [-0.25, -0.2) is 0 Å². The maximum absolute atomic E-state index is 10.3. The zero-order valence-electron chi connectivity index (χ0n) is 11.0. The van der Waals surface area contributed by atoms with Gasteiger partial charge in [0.1, 0.15) is 17.1 Å². The average molecular weight is 248 g/mol. The van der Waals surface area contributed by atoms with Crippen LogP contribution in [0.2, 0.25) is 0 Å². The number of hydrogen-bond donors (Lipinski definition) is 1. The van der Waals surface area contributed by atoms with Gasteiger partial charge in [-0.3, -0.25) is 0 Å². The maximum atomic E-state index is 10.3. The maximum Gasteiger partial charge on any atom is 0.129 e. The quantitative estimate of drug-likeness (QED) is 0.893. The lowest BCUT2D eigenvalue weighted by atomic mass is 9.86. The van der Waals surface area contributed by atoms with Gasteiger partial charge in [0.05, 0.1) is 13.2 Å². The van der Waals surface area contributed by atoms with Gasteiger partial charge in [-0.05, 0) is 31.4 Å². The second-order valence-electron chi connectivity index (χ2n) is 5.82. The van der Waals surface area contributed by atoms with Crippen molar-refractivity contribution in [2.75, 3.05) is 7.11 Å². The molecule has 1 aliphatic heterocycles. The highest BCUT2D eigenvalue weighted by Gasteiger charge is 2.40. The number of aliphatic hydroxyl groups excluding tert-OH is 1. The molecule has 1 aromatic carbocycles. The third-order valence-corrected chi connectivity index (χ3v) is 3.98. The fourth-order valence-corrected chi connectivity index (χ4v) is 2.89. The molecule has 1 saturated carbocycles. The Morgan fingerprint density at radius 3 is 2.89 bits per heavy atom. The number of aliphatic hydroxyl groups is 1. The van der Waals surface area contributed by atoms with E-state index in [-0.39, 0.29) is 5.60 Å². The van der Waals surface area contributed by atoms with Crippen molar-refractivity contribution in [1.82, 2.24) is 0 Å². The molecule has 98 valence electrons. The molecule has 0 spiro atoms. The summed E-state index contributed by atoms with van der Waals surface area (Å²) in [6.07, 6.45) is 3.91. The van der Waals surface area contributed by atoms with Crippen LogP contribution in [0.5, 0.6) is 11.5 Å². The summed E-state index contributed by atoms with van der Waals surface area (Å²) in [6, 6.07) is 5.65. The van der Waals surface area contributed by atoms with E-state index in [1.165, 1.54) is 12.8 Å². The minimum absolute atomic E-state index is 0.236. The van der Waals surface area contributed by atoms with E-state index in [1.54, 1.807) is 7.11 Å². The van der Waals surface area contributed by atoms with Crippen molar-refractivity contribution in [2.24, 2.45) is 5.92 Å². The van der Waals surface area contributed by atoms with Crippen molar-refractivity contribution >= 4 is 0 Å². The largest absolute Gasteiger partial charge is 0.497 e. The van der Waals surface area contributed by atoms with E-state index in [0.29, 0.717) is 6.42 Å². The highest BCUT2D eigenvalue weighted by Crippen LogP contribution is 2.47. The van der Waals surface area contributed by atoms with E-state index in [1.807, 2.05) is 18.2 Å². The summed E-state index contributed by atoms with van der Waals surface area (Å²) < 4.78 is 11.4. The number of fused-ring (bicyclic) bond motifs is 1. The molecule has 0 radical (unpaired) electrons. The lowest BCUT2D eigenvalue weighted by molar-refractivity contribution is -0.0106. The predicted molar refractivity (Wildman–Crippen MR) is 68.9 cm³/mol. The van der Waals surface area contributed by atoms with Crippen LogP contribution in [0.1, 0.15) is 44.3 Å². The smallest absolute Gasteiger partial charge is 0.129 e. The van der Waals surface area contributed by atoms with E-state index in [4.69, 9.17) is 9.47 Å². The van der Waals surface area contributed by atoms with Crippen LogP contribution in [-0.4, -0.2) is 17.8 Å². The Morgan fingerprint density at radius 1 is 1.44 bits per heavy atom. The van der Waals surface area contributed by atoms with Crippen LogP contribution >= 0.6 is 0 Å². The molecular formula is C15H20O3. The van der Waals surface area contributed by atoms with Gasteiger partial charge in [-0.2, -0.15) is 0 Å². The molecular weight excluding hydrogens is 228 g/mol. The highest BCUT2D eigenvalue weighted by atomic mass is 16.5. The monoisotopic (exact) mass is 248 g/mol. The van der Waals surface area contributed by atoms with Crippen LogP contribution in [0.15, 0.2) is 18.2 Å². The molecule has 1 heterocycles. The molecule has 0 amide bonds. The predicted octanol–water partition coefficient (Wildman–Crippen LogP) is 3.07. The molecule has 3 nitrogen and oxygen atoms in total. The van der Waals surface area contributed by atoms with Crippen molar-refractivity contribution in [3.05, 3.63) is 23.8 Å². The van der Waals surface area contributed by atoms with Crippen molar-refractivity contribution in [2.45, 2.75) is 44.3 Å². The van der Waals surface area contributed by atoms with Crippen LogP contribution in [-0.2, 0) is 0 Å². The first-order chi connectivity index (χ1) is 8.59. The Hall–Kier alpha value is -1.22. The molecule has 3 heteroatoms. The van der Waals surface area contributed by atoms with Crippen molar-refractivity contribution in [3.8, 4) is 11.5 Å². The fourth-order valence-electron chi connectivity index (χ4n) is 2.89. The van der Waals surface area contributed by atoms with Crippen molar-refractivity contribution in [3.63, 3.8) is 0 Å². The highest BCUT2D eigenvalue weighted by molar-refractivity contribution is 5.43. The van der Waals surface area contributed by atoms with E-state index in [9.17, 15) is 5.11 Å². The van der Waals surface area contributed by atoms with Gasteiger partial charge < -0.3 is 14.6 Å². The molecule has 18 heavy (non-hydrogen) atoms. The molecule has 3 rings (SSSR count). The fraction of sp³-hybridized carbons (Fsp3) is 0.600. The Bertz CT molecular complexity index is 453. The number of ether oxygens (including phenoxy) is 2. The van der Waals surface area contributed by atoms with Gasteiger partial charge in [-0.15, -0.1) is 0 Å². The lowest BCUT2D eigenvalue weighted by Crippen LogP contribution is -2.38. The molecule has 0 saturated heterocycles. The third kappa shape index (κ3) is 2.19. The summed E-state index contributed by atoms with van der Waals surface area (Å²) in [5, 5.41) is 10.3. The Kier molecular flexibility index (Phi) is 2.74. The van der Waals surface area contributed by atoms with Gasteiger partial charge >= 0.3 is 0 Å². The third-order valence-electron chi connectivity index (χ3n) is 3.98. The SMILES string of the molecule is COc1ccc2c(c1)OC(C)(CC1CC1)C[C@H]2O. The first-order valence-electron chi connectivity index (χ1n) is 6.65. The topological polar surface area (TPSA) is 38.7 Å².